The summed E-state index contributed by atoms with van der Waals surface area (Å²) in [7, 11) is 1.87. The molecule has 0 aliphatic carbocycles. The first-order valence-corrected chi connectivity index (χ1v) is 9.63. The summed E-state index contributed by atoms with van der Waals surface area (Å²) in [5.74, 6) is -1.91. The van der Waals surface area contributed by atoms with E-state index in [-0.39, 0.29) is 12.8 Å². The van der Waals surface area contributed by atoms with Crippen LogP contribution in [-0.4, -0.2) is 72.4 Å². The molecule has 5 rings (SSSR count). The van der Waals surface area contributed by atoms with E-state index in [1.807, 2.05) is 34.8 Å². The molecule has 0 bridgehead atoms. The number of alkyl halides is 2. The Morgan fingerprint density at radius 1 is 1.16 bits per heavy atom. The maximum Gasteiger partial charge on any atom is 0.250 e. The lowest BCUT2D eigenvalue weighted by molar-refractivity contribution is -0.0504. The zero-order valence-electron chi connectivity index (χ0n) is 16.7. The number of carbonyl (C=O) groups is 1. The number of aldehydes is 1. The number of hydrogen-bond donors (Lipinski definition) is 1. The van der Waals surface area contributed by atoms with Crippen LogP contribution >= 0.6 is 0 Å². The Bertz CT molecular complexity index is 1170. The van der Waals surface area contributed by atoms with Crippen LogP contribution in [0.3, 0.4) is 0 Å². The molecule has 0 amide bonds. The molecule has 1 aliphatic rings. The Morgan fingerprint density at radius 2 is 1.97 bits per heavy atom. The van der Waals surface area contributed by atoms with E-state index in [1.165, 1.54) is 0 Å². The molecule has 11 heteroatoms. The minimum atomic E-state index is -2.38. The van der Waals surface area contributed by atoms with E-state index in [1.54, 1.807) is 24.7 Å². The van der Waals surface area contributed by atoms with E-state index in [2.05, 4.69) is 30.6 Å². The van der Waals surface area contributed by atoms with Crippen LogP contribution in [0, 0.1) is 0 Å². The predicted octanol–water partition coefficient (Wildman–Crippen LogP) is 2.76. The number of aromatic nitrogens is 7. The fourth-order valence-corrected chi connectivity index (χ4v) is 3.23. The normalized spacial score (nSPS) is 16.0. The van der Waals surface area contributed by atoms with Crippen LogP contribution in [0.1, 0.15) is 23.2 Å². The Balaban J connectivity index is 0.000000217. The maximum atomic E-state index is 12.4. The fraction of sp³-hybridized carbons (Fsp3) is 0.300. The van der Waals surface area contributed by atoms with Crippen LogP contribution in [0.5, 0.6) is 0 Å². The number of fused-ring (bicyclic) bond motifs is 1. The van der Waals surface area contributed by atoms with E-state index in [0.29, 0.717) is 24.5 Å². The van der Waals surface area contributed by atoms with Gasteiger partial charge in [-0.15, -0.1) is 10.2 Å². The molecule has 1 fully saturated rings. The summed E-state index contributed by atoms with van der Waals surface area (Å²) in [5.41, 5.74) is 2.86. The average molecular weight is 426 g/mol. The predicted molar refractivity (Wildman–Crippen MR) is 109 cm³/mol. The molecule has 0 atom stereocenters. The van der Waals surface area contributed by atoms with Gasteiger partial charge in [0.2, 0.25) is 5.82 Å². The van der Waals surface area contributed by atoms with Crippen LogP contribution in [0.15, 0.2) is 43.0 Å². The molecule has 1 N–H and O–H groups in total. The number of halogens is 2. The van der Waals surface area contributed by atoms with Gasteiger partial charge in [0, 0.05) is 61.0 Å². The highest BCUT2D eigenvalue weighted by atomic mass is 19.3. The van der Waals surface area contributed by atoms with Crippen molar-refractivity contribution < 1.29 is 13.6 Å². The second-order valence-corrected chi connectivity index (χ2v) is 7.31. The van der Waals surface area contributed by atoms with Crippen LogP contribution in [0.25, 0.3) is 28.1 Å². The standard InChI is InChI=1S/C14H9N7O.C6H11F2N/c22-8-9-3-10-1-2-21(14(10)16-5-9)12-4-11(6-15-7-12)13-17-19-20-18-13;1-9-4-2-6(7,8)3-5-9/h1-8H,(H,17,18,19,20);2-5H2,1H3. The van der Waals surface area contributed by atoms with E-state index in [4.69, 9.17) is 0 Å². The molecule has 31 heavy (non-hydrogen) atoms. The molecule has 0 radical (unpaired) electrons. The Morgan fingerprint density at radius 3 is 2.65 bits per heavy atom. The van der Waals surface area contributed by atoms with Crippen molar-refractivity contribution >= 4 is 17.3 Å². The second-order valence-electron chi connectivity index (χ2n) is 7.31. The molecular weight excluding hydrogens is 406 g/mol. The third kappa shape index (κ3) is 4.77. The first kappa shape index (κ1) is 20.7. The van der Waals surface area contributed by atoms with Gasteiger partial charge >= 0.3 is 0 Å². The van der Waals surface area contributed by atoms with Gasteiger partial charge in [-0.3, -0.25) is 14.3 Å². The van der Waals surface area contributed by atoms with Gasteiger partial charge < -0.3 is 4.90 Å². The van der Waals surface area contributed by atoms with Gasteiger partial charge in [-0.05, 0) is 30.5 Å². The summed E-state index contributed by atoms with van der Waals surface area (Å²) in [6.07, 6.45) is 7.65. The van der Waals surface area contributed by atoms with E-state index in [0.717, 1.165) is 28.6 Å². The van der Waals surface area contributed by atoms with Gasteiger partial charge in [0.15, 0.2) is 6.29 Å². The first-order valence-electron chi connectivity index (χ1n) is 9.63. The number of H-pyrrole nitrogens is 1. The number of pyridine rings is 2. The van der Waals surface area contributed by atoms with Crippen molar-refractivity contribution in [1.29, 1.82) is 0 Å². The SMILES string of the molecule is CN1CCC(F)(F)CC1.O=Cc1cnc2c(ccn2-c2cncc(-c3nn[nH]n3)c2)c1. The minimum Gasteiger partial charge on any atom is -0.306 e. The molecule has 0 aromatic carbocycles. The molecule has 1 saturated heterocycles. The summed E-state index contributed by atoms with van der Waals surface area (Å²) in [4.78, 5) is 21.3. The number of tetrazole rings is 1. The van der Waals surface area contributed by atoms with Crippen molar-refractivity contribution in [3.8, 4) is 17.1 Å². The van der Waals surface area contributed by atoms with Crippen molar-refractivity contribution in [3.63, 3.8) is 0 Å². The quantitative estimate of drug-likeness (QED) is 0.502. The molecule has 9 nitrogen and oxygen atoms in total. The lowest BCUT2D eigenvalue weighted by Crippen LogP contribution is -2.36. The number of nitrogens with one attached hydrogen (secondary N) is 1. The first-order chi connectivity index (χ1) is 14.9. The third-order valence-corrected chi connectivity index (χ3v) is 5.01. The maximum absolute atomic E-state index is 12.4. The van der Waals surface area contributed by atoms with Crippen molar-refractivity contribution in [1.82, 2.24) is 40.1 Å². The number of likely N-dealkylation sites (tertiary alicyclic amines) is 1. The highest BCUT2D eigenvalue weighted by molar-refractivity contribution is 5.85. The van der Waals surface area contributed by atoms with E-state index < -0.39 is 5.92 Å². The van der Waals surface area contributed by atoms with Gasteiger partial charge in [0.1, 0.15) is 5.65 Å². The molecular formula is C20H20F2N8O. The van der Waals surface area contributed by atoms with Crippen molar-refractivity contribution in [2.75, 3.05) is 20.1 Å². The van der Waals surface area contributed by atoms with Crippen molar-refractivity contribution in [3.05, 3.63) is 48.5 Å². The average Bonchev–Trinajstić information content (AvgIpc) is 3.46. The molecule has 1 aliphatic heterocycles. The van der Waals surface area contributed by atoms with Crippen LogP contribution in [0.4, 0.5) is 8.78 Å². The van der Waals surface area contributed by atoms with Crippen molar-refractivity contribution in [2.24, 2.45) is 0 Å². The zero-order valence-corrected chi connectivity index (χ0v) is 16.7. The molecule has 4 aromatic heterocycles. The van der Waals surface area contributed by atoms with Crippen LogP contribution in [0.2, 0.25) is 0 Å². The van der Waals surface area contributed by atoms with Crippen LogP contribution in [-0.2, 0) is 0 Å². The largest absolute Gasteiger partial charge is 0.306 e. The van der Waals surface area contributed by atoms with E-state index >= 15 is 0 Å². The Labute approximate surface area is 176 Å². The third-order valence-electron chi connectivity index (χ3n) is 5.01. The van der Waals surface area contributed by atoms with Gasteiger partial charge in [0.25, 0.3) is 5.92 Å². The Hall–Kier alpha value is -3.60. The number of piperidine rings is 1. The number of carbonyl (C=O) groups excluding carboxylic acids is 1. The highest BCUT2D eigenvalue weighted by Gasteiger charge is 2.32. The zero-order chi connectivity index (χ0) is 21.8. The van der Waals surface area contributed by atoms with Gasteiger partial charge in [0.05, 0.1) is 11.9 Å². The lowest BCUT2D eigenvalue weighted by Gasteiger charge is -2.28. The van der Waals surface area contributed by atoms with Gasteiger partial charge in [-0.1, -0.05) is 0 Å². The topological polar surface area (TPSA) is 105 Å². The molecule has 4 aromatic rings. The number of aromatic amines is 1. The summed E-state index contributed by atoms with van der Waals surface area (Å²) in [6, 6.07) is 5.59. The smallest absolute Gasteiger partial charge is 0.250 e. The highest BCUT2D eigenvalue weighted by Crippen LogP contribution is 2.26. The van der Waals surface area contributed by atoms with Crippen molar-refractivity contribution in [2.45, 2.75) is 18.8 Å². The minimum absolute atomic E-state index is 0.0312. The monoisotopic (exact) mass is 426 g/mol. The van der Waals surface area contributed by atoms with Crippen LogP contribution < -0.4 is 0 Å². The molecule has 0 spiro atoms. The van der Waals surface area contributed by atoms with Gasteiger partial charge in [-0.25, -0.2) is 13.8 Å². The summed E-state index contributed by atoms with van der Waals surface area (Å²) < 4.78 is 26.6. The molecule has 5 heterocycles. The molecule has 160 valence electrons. The lowest BCUT2D eigenvalue weighted by atomic mass is 10.1. The number of hydrogen-bond acceptors (Lipinski definition) is 7. The van der Waals surface area contributed by atoms with Gasteiger partial charge in [-0.2, -0.15) is 5.21 Å². The summed E-state index contributed by atoms with van der Waals surface area (Å²) in [5, 5.41) is 14.7. The van der Waals surface area contributed by atoms with E-state index in [9.17, 15) is 13.6 Å². The molecule has 0 saturated carbocycles. The number of nitrogens with zero attached hydrogens (tertiary/aromatic N) is 7. The second kappa shape index (κ2) is 8.64. The summed E-state index contributed by atoms with van der Waals surface area (Å²) in [6.45, 7) is 1.07. The molecule has 0 unspecified atom stereocenters. The number of rotatable bonds is 3. The summed E-state index contributed by atoms with van der Waals surface area (Å²) >= 11 is 0. The Kier molecular flexibility index (Phi) is 5.76. The fourth-order valence-electron chi connectivity index (χ4n) is 3.23.